The molecule has 3 heterocycles. The number of aromatic nitrogens is 5. The highest BCUT2D eigenvalue weighted by Gasteiger charge is 2.11. The lowest BCUT2D eigenvalue weighted by molar-refractivity contribution is 0.0952. The summed E-state index contributed by atoms with van der Waals surface area (Å²) in [6.45, 7) is 0.296. The van der Waals surface area contributed by atoms with Gasteiger partial charge in [0, 0.05) is 29.7 Å². The van der Waals surface area contributed by atoms with Crippen molar-refractivity contribution in [1.29, 1.82) is 0 Å². The molecular weight excluding hydrogens is 332 g/mol. The molecule has 0 aliphatic carbocycles. The summed E-state index contributed by atoms with van der Waals surface area (Å²) in [5.74, 6) is 0.325. The zero-order chi connectivity index (χ0) is 17.9. The van der Waals surface area contributed by atoms with Crippen molar-refractivity contribution >= 4 is 16.8 Å². The minimum absolute atomic E-state index is 0.296. The van der Waals surface area contributed by atoms with E-state index in [4.69, 9.17) is 0 Å². The van der Waals surface area contributed by atoms with Crippen LogP contribution in [0.5, 0.6) is 0 Å². The van der Waals surface area contributed by atoms with Crippen LogP contribution >= 0.6 is 0 Å². The van der Waals surface area contributed by atoms with Crippen LogP contribution in [0.25, 0.3) is 16.7 Å². The van der Waals surface area contributed by atoms with E-state index in [0.717, 1.165) is 5.56 Å². The maximum Gasteiger partial charge on any atom is 0.252 e. The third-order valence-electron chi connectivity index (χ3n) is 3.91. The van der Waals surface area contributed by atoms with Crippen LogP contribution in [0.1, 0.15) is 15.9 Å². The van der Waals surface area contributed by atoms with Crippen LogP contribution in [-0.4, -0.2) is 30.6 Å². The number of benzene rings is 1. The molecule has 0 atom stereocenters. The molecule has 1 aromatic carbocycles. The van der Waals surface area contributed by atoms with Crippen molar-refractivity contribution in [2.24, 2.45) is 0 Å². The number of pyridine rings is 2. The number of para-hydroxylation sites is 1. The first kappa shape index (κ1) is 15.7. The highest BCUT2D eigenvalue weighted by molar-refractivity contribution is 6.05. The lowest BCUT2D eigenvalue weighted by Gasteiger charge is -2.08. The molecule has 8 nitrogen and oxygen atoms in total. The third kappa shape index (κ3) is 3.07. The average molecular weight is 346 g/mol. The molecule has 0 spiro atoms. The Bertz CT molecular complexity index is 1120. The number of rotatable bonds is 4. The molecule has 0 radical (unpaired) electrons. The highest BCUT2D eigenvalue weighted by Crippen LogP contribution is 2.14. The number of hydrogen-bond acceptors (Lipinski definition) is 5. The Morgan fingerprint density at radius 1 is 1.19 bits per heavy atom. The normalized spacial score (nSPS) is 10.8. The van der Waals surface area contributed by atoms with E-state index in [2.05, 4.69) is 25.4 Å². The van der Waals surface area contributed by atoms with E-state index in [1.807, 2.05) is 18.2 Å². The second-order valence-corrected chi connectivity index (χ2v) is 5.64. The topological polar surface area (TPSA) is 106 Å². The summed E-state index contributed by atoms with van der Waals surface area (Å²) in [5.41, 5.74) is 1.49. The smallest absolute Gasteiger partial charge is 0.252 e. The van der Waals surface area contributed by atoms with Crippen molar-refractivity contribution in [2.75, 3.05) is 0 Å². The molecule has 0 aliphatic heterocycles. The number of H-pyrrole nitrogens is 1. The quantitative estimate of drug-likeness (QED) is 0.581. The Kier molecular flexibility index (Phi) is 3.98. The van der Waals surface area contributed by atoms with E-state index in [-0.39, 0.29) is 11.5 Å². The van der Waals surface area contributed by atoms with Crippen LogP contribution < -0.4 is 10.9 Å². The van der Waals surface area contributed by atoms with Crippen molar-refractivity contribution < 1.29 is 4.79 Å². The van der Waals surface area contributed by atoms with E-state index >= 15 is 0 Å². The van der Waals surface area contributed by atoms with Crippen molar-refractivity contribution in [3.05, 3.63) is 82.8 Å². The molecule has 0 bridgehead atoms. The molecule has 0 fully saturated rings. The van der Waals surface area contributed by atoms with Crippen LogP contribution in [0.4, 0.5) is 0 Å². The van der Waals surface area contributed by atoms with Crippen LogP contribution in [0.2, 0.25) is 0 Å². The maximum atomic E-state index is 12.5. The Labute approximate surface area is 147 Å². The average Bonchev–Trinajstić information content (AvgIpc) is 3.20. The number of amides is 1. The molecule has 128 valence electrons. The number of carbonyl (C=O) groups is 1. The molecule has 3 aromatic heterocycles. The Morgan fingerprint density at radius 3 is 2.85 bits per heavy atom. The predicted molar refractivity (Wildman–Crippen MR) is 94.9 cm³/mol. The molecule has 0 aliphatic rings. The zero-order valence-corrected chi connectivity index (χ0v) is 13.6. The maximum absolute atomic E-state index is 12.5. The van der Waals surface area contributed by atoms with Gasteiger partial charge in [-0.2, -0.15) is 5.10 Å². The molecule has 4 rings (SSSR count). The fraction of sp³-hybridized carbons (Fsp3) is 0.0556. The number of carbonyl (C=O) groups excluding carboxylic acids is 1. The Balaban J connectivity index is 1.52. The molecule has 1 amide bonds. The number of aromatic amines is 1. The summed E-state index contributed by atoms with van der Waals surface area (Å²) in [6, 6.07) is 12.1. The third-order valence-corrected chi connectivity index (χ3v) is 3.91. The van der Waals surface area contributed by atoms with Gasteiger partial charge in [-0.15, -0.1) is 0 Å². The molecule has 2 N–H and O–H groups in total. The molecule has 0 unspecified atom stereocenters. The molecule has 0 saturated heterocycles. The van der Waals surface area contributed by atoms with Gasteiger partial charge in [0.15, 0.2) is 5.82 Å². The van der Waals surface area contributed by atoms with Crippen LogP contribution in [0, 0.1) is 0 Å². The van der Waals surface area contributed by atoms with Gasteiger partial charge in [0.25, 0.3) is 5.91 Å². The van der Waals surface area contributed by atoms with Gasteiger partial charge in [-0.05, 0) is 17.7 Å². The van der Waals surface area contributed by atoms with E-state index < -0.39 is 0 Å². The molecule has 4 aromatic rings. The van der Waals surface area contributed by atoms with Gasteiger partial charge in [-0.25, -0.2) is 14.6 Å². The first-order valence-corrected chi connectivity index (χ1v) is 7.91. The summed E-state index contributed by atoms with van der Waals surface area (Å²) in [5, 5.41) is 7.53. The van der Waals surface area contributed by atoms with Gasteiger partial charge < -0.3 is 10.3 Å². The minimum atomic E-state index is -0.312. The van der Waals surface area contributed by atoms with Gasteiger partial charge in [-0.3, -0.25) is 9.59 Å². The number of nitrogens with zero attached hydrogens (tertiary/aromatic N) is 4. The van der Waals surface area contributed by atoms with Gasteiger partial charge in [0.05, 0.1) is 5.56 Å². The highest BCUT2D eigenvalue weighted by atomic mass is 16.2. The largest absolute Gasteiger partial charge is 0.348 e. The number of nitrogens with one attached hydrogen (secondary N) is 2. The Morgan fingerprint density at radius 2 is 2.08 bits per heavy atom. The zero-order valence-electron chi connectivity index (χ0n) is 13.6. The molecule has 0 saturated carbocycles. The monoisotopic (exact) mass is 346 g/mol. The molecular formula is C18H14N6O2. The number of hydrogen-bond donors (Lipinski definition) is 2. The lowest BCUT2D eigenvalue weighted by Crippen LogP contribution is -2.25. The molecule has 26 heavy (non-hydrogen) atoms. The van der Waals surface area contributed by atoms with Gasteiger partial charge in [0.2, 0.25) is 5.56 Å². The Hall–Kier alpha value is -3.81. The first-order valence-electron chi connectivity index (χ1n) is 7.91. The minimum Gasteiger partial charge on any atom is -0.348 e. The van der Waals surface area contributed by atoms with Crippen molar-refractivity contribution in [3.63, 3.8) is 0 Å². The SMILES string of the molecule is O=C(NCc1ccc(-n2cncn2)nc1)c1cc(=O)[nH]c2ccccc12. The molecule has 8 heteroatoms. The van der Waals surface area contributed by atoms with Gasteiger partial charge >= 0.3 is 0 Å². The van der Waals surface area contributed by atoms with Gasteiger partial charge in [-0.1, -0.05) is 24.3 Å². The van der Waals surface area contributed by atoms with E-state index in [9.17, 15) is 9.59 Å². The summed E-state index contributed by atoms with van der Waals surface area (Å²) >= 11 is 0. The standard InChI is InChI=1S/C18H14N6O2/c25-17-7-14(13-3-1-2-4-15(13)23-17)18(26)21-9-12-5-6-16(20-8-12)24-11-19-10-22-24/h1-8,10-11H,9H2,(H,21,26)(H,23,25). The van der Waals surface area contributed by atoms with Crippen molar-refractivity contribution in [1.82, 2.24) is 30.0 Å². The van der Waals surface area contributed by atoms with Crippen molar-refractivity contribution in [3.8, 4) is 5.82 Å². The van der Waals surface area contributed by atoms with Crippen LogP contribution in [0.15, 0.2) is 66.1 Å². The van der Waals surface area contributed by atoms with E-state index in [0.29, 0.717) is 28.8 Å². The second kappa shape index (κ2) is 6.60. The van der Waals surface area contributed by atoms with E-state index in [1.54, 1.807) is 35.4 Å². The summed E-state index contributed by atoms with van der Waals surface area (Å²) in [4.78, 5) is 35.2. The summed E-state index contributed by atoms with van der Waals surface area (Å²) in [7, 11) is 0. The summed E-state index contributed by atoms with van der Waals surface area (Å²) in [6.07, 6.45) is 4.65. The predicted octanol–water partition coefficient (Wildman–Crippen LogP) is 1.43. The summed E-state index contributed by atoms with van der Waals surface area (Å²) < 4.78 is 1.55. The number of fused-ring (bicyclic) bond motifs is 1. The van der Waals surface area contributed by atoms with Crippen LogP contribution in [-0.2, 0) is 6.54 Å². The second-order valence-electron chi connectivity index (χ2n) is 5.64. The first-order chi connectivity index (χ1) is 12.7. The van der Waals surface area contributed by atoms with Gasteiger partial charge in [0.1, 0.15) is 12.7 Å². The van der Waals surface area contributed by atoms with E-state index in [1.165, 1.54) is 12.4 Å². The lowest BCUT2D eigenvalue weighted by atomic mass is 10.1. The fourth-order valence-electron chi connectivity index (χ4n) is 2.65. The van der Waals surface area contributed by atoms with Crippen molar-refractivity contribution in [2.45, 2.75) is 6.54 Å². The van der Waals surface area contributed by atoms with Crippen LogP contribution in [0.3, 0.4) is 0 Å². The fourth-order valence-corrected chi connectivity index (χ4v) is 2.65.